The van der Waals surface area contributed by atoms with Gasteiger partial charge in [-0.3, -0.25) is 9.69 Å². The second-order valence-corrected chi connectivity index (χ2v) is 8.54. The summed E-state index contributed by atoms with van der Waals surface area (Å²) in [5.41, 5.74) is 2.30. The van der Waals surface area contributed by atoms with Crippen LogP contribution in [0, 0.1) is 0 Å². The smallest absolute Gasteiger partial charge is 0.232 e. The summed E-state index contributed by atoms with van der Waals surface area (Å²) >= 11 is 13.6. The van der Waals surface area contributed by atoms with E-state index in [0.29, 0.717) is 15.8 Å². The second-order valence-electron chi connectivity index (χ2n) is 6.74. The van der Waals surface area contributed by atoms with E-state index in [4.69, 9.17) is 23.2 Å². The van der Waals surface area contributed by atoms with E-state index in [1.807, 2.05) is 35.2 Å². The number of hydrogen-bond acceptors (Lipinski definition) is 3. The summed E-state index contributed by atoms with van der Waals surface area (Å²) in [4.78, 5) is 16.8. The van der Waals surface area contributed by atoms with Gasteiger partial charge in [0.05, 0.1) is 15.8 Å². The zero-order chi connectivity index (χ0) is 19.8. The molecule has 0 bridgehead atoms. The van der Waals surface area contributed by atoms with E-state index < -0.39 is 0 Å². The van der Waals surface area contributed by atoms with E-state index in [2.05, 4.69) is 29.2 Å². The van der Waals surface area contributed by atoms with Gasteiger partial charge in [-0.25, -0.2) is 0 Å². The predicted molar refractivity (Wildman–Crippen MR) is 121 cm³/mol. The number of halogens is 2. The fourth-order valence-corrected chi connectivity index (χ4v) is 4.25. The van der Waals surface area contributed by atoms with E-state index >= 15 is 0 Å². The first-order valence-corrected chi connectivity index (χ1v) is 11.3. The number of carbonyl (C=O) groups is 1. The van der Waals surface area contributed by atoms with Crippen molar-refractivity contribution in [3.63, 3.8) is 0 Å². The Kier molecular flexibility index (Phi) is 8.28. The highest BCUT2D eigenvalue weighted by atomic mass is 35.5. The van der Waals surface area contributed by atoms with Gasteiger partial charge in [0.2, 0.25) is 5.91 Å². The minimum Gasteiger partial charge on any atom is -0.339 e. The van der Waals surface area contributed by atoms with Crippen LogP contribution in [0.2, 0.25) is 10.0 Å². The van der Waals surface area contributed by atoms with Crippen LogP contribution in [0.5, 0.6) is 0 Å². The molecular formula is C22H24Cl2N2OS. The van der Waals surface area contributed by atoms with Crippen molar-refractivity contribution in [2.45, 2.75) is 5.75 Å². The Morgan fingerprint density at radius 2 is 1.75 bits per heavy atom. The van der Waals surface area contributed by atoms with Crippen LogP contribution < -0.4 is 0 Å². The maximum Gasteiger partial charge on any atom is 0.232 e. The van der Waals surface area contributed by atoms with E-state index in [1.165, 1.54) is 5.56 Å². The van der Waals surface area contributed by atoms with Crippen molar-refractivity contribution >= 4 is 46.9 Å². The molecule has 1 aliphatic heterocycles. The first kappa shape index (κ1) is 21.3. The van der Waals surface area contributed by atoms with Crippen LogP contribution in [0.4, 0.5) is 0 Å². The van der Waals surface area contributed by atoms with Gasteiger partial charge in [-0.15, -0.1) is 11.8 Å². The van der Waals surface area contributed by atoms with Crippen molar-refractivity contribution in [2.75, 3.05) is 38.5 Å². The van der Waals surface area contributed by atoms with Crippen LogP contribution in [-0.2, 0) is 10.5 Å². The standard InChI is InChI=1S/C22H24Cl2N2OS/c23-20-9-8-19(15-21(20)24)16-28-17-22(27)26-13-11-25(12-14-26)10-4-7-18-5-2-1-3-6-18/h1-9,15H,10-14,16-17H2/b7-4+. The van der Waals surface area contributed by atoms with Gasteiger partial charge in [0, 0.05) is 38.5 Å². The molecule has 0 radical (unpaired) electrons. The van der Waals surface area contributed by atoms with Gasteiger partial charge in [-0.2, -0.15) is 0 Å². The Hall–Kier alpha value is -1.46. The molecule has 0 spiro atoms. The summed E-state index contributed by atoms with van der Waals surface area (Å²) in [6.07, 6.45) is 4.34. The van der Waals surface area contributed by atoms with Crippen molar-refractivity contribution in [1.29, 1.82) is 0 Å². The quantitative estimate of drug-likeness (QED) is 0.606. The zero-order valence-corrected chi connectivity index (χ0v) is 18.0. The molecule has 0 aliphatic carbocycles. The fraction of sp³-hybridized carbons (Fsp3) is 0.318. The summed E-state index contributed by atoms with van der Waals surface area (Å²) in [7, 11) is 0. The van der Waals surface area contributed by atoms with Gasteiger partial charge in [0.1, 0.15) is 0 Å². The van der Waals surface area contributed by atoms with Crippen molar-refractivity contribution in [3.8, 4) is 0 Å². The van der Waals surface area contributed by atoms with E-state index in [9.17, 15) is 4.79 Å². The third-order valence-electron chi connectivity index (χ3n) is 4.68. The first-order chi connectivity index (χ1) is 13.6. The molecule has 0 saturated carbocycles. The Morgan fingerprint density at radius 1 is 1.00 bits per heavy atom. The number of benzene rings is 2. The molecule has 148 valence electrons. The van der Waals surface area contributed by atoms with Crippen molar-refractivity contribution in [1.82, 2.24) is 9.80 Å². The maximum atomic E-state index is 12.4. The predicted octanol–water partition coefficient (Wildman–Crippen LogP) is 5.08. The number of rotatable bonds is 7. The zero-order valence-electron chi connectivity index (χ0n) is 15.7. The average molecular weight is 435 g/mol. The molecule has 1 saturated heterocycles. The number of piperazine rings is 1. The highest BCUT2D eigenvalue weighted by molar-refractivity contribution is 7.99. The molecule has 3 nitrogen and oxygen atoms in total. The van der Waals surface area contributed by atoms with Crippen LogP contribution in [-0.4, -0.2) is 54.2 Å². The van der Waals surface area contributed by atoms with Gasteiger partial charge in [0.15, 0.2) is 0 Å². The molecule has 2 aromatic carbocycles. The Labute approximate surface area is 181 Å². The molecule has 6 heteroatoms. The number of carbonyl (C=O) groups excluding carboxylic acids is 1. The lowest BCUT2D eigenvalue weighted by molar-refractivity contribution is -0.129. The number of nitrogens with zero attached hydrogens (tertiary/aromatic N) is 2. The van der Waals surface area contributed by atoms with Crippen molar-refractivity contribution in [2.24, 2.45) is 0 Å². The summed E-state index contributed by atoms with van der Waals surface area (Å²) in [5.74, 6) is 1.46. The van der Waals surface area contributed by atoms with Crippen molar-refractivity contribution in [3.05, 3.63) is 75.8 Å². The van der Waals surface area contributed by atoms with Gasteiger partial charge in [-0.05, 0) is 23.3 Å². The van der Waals surface area contributed by atoms with E-state index in [1.54, 1.807) is 17.8 Å². The van der Waals surface area contributed by atoms with Crippen LogP contribution in [0.3, 0.4) is 0 Å². The van der Waals surface area contributed by atoms with E-state index in [-0.39, 0.29) is 5.91 Å². The van der Waals surface area contributed by atoms with Crippen LogP contribution in [0.1, 0.15) is 11.1 Å². The monoisotopic (exact) mass is 434 g/mol. The third kappa shape index (κ3) is 6.56. The molecule has 0 N–H and O–H groups in total. The lowest BCUT2D eigenvalue weighted by Crippen LogP contribution is -2.49. The molecule has 1 fully saturated rings. The molecule has 1 aliphatic rings. The molecule has 1 heterocycles. The Balaban J connectivity index is 1.35. The minimum atomic E-state index is 0.213. The highest BCUT2D eigenvalue weighted by Gasteiger charge is 2.20. The topological polar surface area (TPSA) is 23.6 Å². The lowest BCUT2D eigenvalue weighted by atomic mass is 10.2. The Morgan fingerprint density at radius 3 is 2.46 bits per heavy atom. The second kappa shape index (κ2) is 10.9. The van der Waals surface area contributed by atoms with Crippen molar-refractivity contribution < 1.29 is 4.79 Å². The molecular weight excluding hydrogens is 411 g/mol. The normalized spacial score (nSPS) is 15.3. The maximum absolute atomic E-state index is 12.4. The lowest BCUT2D eigenvalue weighted by Gasteiger charge is -2.34. The fourth-order valence-electron chi connectivity index (χ4n) is 3.06. The summed E-state index contributed by atoms with van der Waals surface area (Å²) in [5, 5.41) is 1.12. The highest BCUT2D eigenvalue weighted by Crippen LogP contribution is 2.24. The van der Waals surface area contributed by atoms with Gasteiger partial charge < -0.3 is 4.90 Å². The number of hydrogen-bond donors (Lipinski definition) is 0. The van der Waals surface area contributed by atoms with Gasteiger partial charge in [-0.1, -0.05) is 71.8 Å². The molecule has 0 unspecified atom stereocenters. The largest absolute Gasteiger partial charge is 0.339 e. The minimum absolute atomic E-state index is 0.213. The molecule has 3 rings (SSSR count). The number of thioether (sulfide) groups is 1. The average Bonchev–Trinajstić information content (AvgIpc) is 2.72. The SMILES string of the molecule is O=C(CSCc1ccc(Cl)c(Cl)c1)N1CCN(C/C=C/c2ccccc2)CC1. The van der Waals surface area contributed by atoms with Crippen LogP contribution in [0.15, 0.2) is 54.6 Å². The summed E-state index contributed by atoms with van der Waals surface area (Å²) in [6, 6.07) is 15.9. The van der Waals surface area contributed by atoms with Crippen LogP contribution >= 0.6 is 35.0 Å². The summed E-state index contributed by atoms with van der Waals surface area (Å²) in [6.45, 7) is 4.35. The molecule has 0 atom stereocenters. The van der Waals surface area contributed by atoms with Gasteiger partial charge >= 0.3 is 0 Å². The summed E-state index contributed by atoms with van der Waals surface area (Å²) < 4.78 is 0. The van der Waals surface area contributed by atoms with Crippen LogP contribution in [0.25, 0.3) is 6.08 Å². The molecule has 2 aromatic rings. The van der Waals surface area contributed by atoms with E-state index in [0.717, 1.165) is 44.0 Å². The molecule has 0 aromatic heterocycles. The molecule has 1 amide bonds. The number of amides is 1. The third-order valence-corrected chi connectivity index (χ3v) is 6.40. The molecule has 28 heavy (non-hydrogen) atoms. The Bertz CT molecular complexity index is 805. The first-order valence-electron chi connectivity index (χ1n) is 9.35. The van der Waals surface area contributed by atoms with Gasteiger partial charge in [0.25, 0.3) is 0 Å².